The number of rotatable bonds is 7. The van der Waals surface area contributed by atoms with Crippen molar-refractivity contribution in [3.8, 4) is 0 Å². The second kappa shape index (κ2) is 9.40. The highest BCUT2D eigenvalue weighted by molar-refractivity contribution is 6.30. The van der Waals surface area contributed by atoms with Crippen LogP contribution in [0.2, 0.25) is 5.02 Å². The van der Waals surface area contributed by atoms with Gasteiger partial charge in [-0.1, -0.05) is 48.0 Å². The number of carbonyl (C=O) groups excluding carboxylic acids is 1. The van der Waals surface area contributed by atoms with E-state index in [1.807, 2.05) is 81.7 Å². The molecule has 0 radical (unpaired) electrons. The van der Waals surface area contributed by atoms with Crippen LogP contribution in [0.25, 0.3) is 6.08 Å². The summed E-state index contributed by atoms with van der Waals surface area (Å²) in [6.07, 6.45) is 4.78. The number of hydrogen-bond donors (Lipinski definition) is 1. The Hall–Kier alpha value is -2.10. The first-order chi connectivity index (χ1) is 12.0. The zero-order valence-corrected chi connectivity index (χ0v) is 15.8. The van der Waals surface area contributed by atoms with Crippen molar-refractivity contribution >= 4 is 23.6 Å². The average molecular weight is 357 g/mol. The van der Waals surface area contributed by atoms with Gasteiger partial charge in [0, 0.05) is 10.6 Å². The maximum Gasteiger partial charge on any atom is 0.251 e. The van der Waals surface area contributed by atoms with Gasteiger partial charge in [-0.3, -0.25) is 4.79 Å². The van der Waals surface area contributed by atoms with Crippen LogP contribution in [-0.4, -0.2) is 31.4 Å². The summed E-state index contributed by atoms with van der Waals surface area (Å²) in [5, 5.41) is 3.86. The Labute approximate surface area is 155 Å². The van der Waals surface area contributed by atoms with Crippen molar-refractivity contribution < 1.29 is 4.79 Å². The van der Waals surface area contributed by atoms with Crippen molar-refractivity contribution in [1.29, 1.82) is 0 Å². The molecule has 0 saturated carbocycles. The van der Waals surface area contributed by atoms with Crippen molar-refractivity contribution in [2.24, 2.45) is 0 Å². The Morgan fingerprint density at radius 3 is 2.56 bits per heavy atom. The fraction of sp³-hybridized carbons (Fsp3) is 0.286. The van der Waals surface area contributed by atoms with E-state index in [4.69, 9.17) is 11.6 Å². The lowest BCUT2D eigenvalue weighted by molar-refractivity contribution is 0.0932. The van der Waals surface area contributed by atoms with Gasteiger partial charge in [0.05, 0.1) is 6.04 Å². The van der Waals surface area contributed by atoms with Crippen LogP contribution in [0.15, 0.2) is 54.6 Å². The monoisotopic (exact) mass is 356 g/mol. The molecule has 1 N–H and O–H groups in total. The third kappa shape index (κ3) is 6.04. The largest absolute Gasteiger partial charge is 0.345 e. The summed E-state index contributed by atoms with van der Waals surface area (Å²) in [6, 6.07) is 15.2. The molecule has 2 aromatic carbocycles. The first-order valence-electron chi connectivity index (χ1n) is 8.43. The molecule has 0 aromatic heterocycles. The SMILES string of the molecule is CC=Cc1cccc(C(=O)NC(CCN(C)C)c2ccc(Cl)cc2)c1. The number of carbonyl (C=O) groups is 1. The first kappa shape index (κ1) is 19.2. The van der Waals surface area contributed by atoms with Crippen molar-refractivity contribution in [2.75, 3.05) is 20.6 Å². The van der Waals surface area contributed by atoms with Gasteiger partial charge in [-0.05, 0) is 69.4 Å². The molecule has 0 spiro atoms. The molecular formula is C21H25ClN2O. The van der Waals surface area contributed by atoms with Gasteiger partial charge in [0.1, 0.15) is 0 Å². The highest BCUT2D eigenvalue weighted by atomic mass is 35.5. The predicted octanol–water partition coefficient (Wildman–Crippen LogP) is 4.80. The van der Waals surface area contributed by atoms with E-state index in [-0.39, 0.29) is 11.9 Å². The van der Waals surface area contributed by atoms with Gasteiger partial charge in [-0.15, -0.1) is 0 Å². The third-order valence-corrected chi connectivity index (χ3v) is 4.20. The van der Waals surface area contributed by atoms with Crippen molar-refractivity contribution in [2.45, 2.75) is 19.4 Å². The van der Waals surface area contributed by atoms with E-state index < -0.39 is 0 Å². The number of halogens is 1. The minimum Gasteiger partial charge on any atom is -0.345 e. The van der Waals surface area contributed by atoms with Crippen LogP contribution in [-0.2, 0) is 0 Å². The zero-order chi connectivity index (χ0) is 18.2. The van der Waals surface area contributed by atoms with Gasteiger partial charge in [0.15, 0.2) is 0 Å². The van der Waals surface area contributed by atoms with Gasteiger partial charge < -0.3 is 10.2 Å². The zero-order valence-electron chi connectivity index (χ0n) is 15.0. The fourth-order valence-electron chi connectivity index (χ4n) is 2.62. The summed E-state index contributed by atoms with van der Waals surface area (Å²) in [6.45, 7) is 2.84. The molecule has 25 heavy (non-hydrogen) atoms. The van der Waals surface area contributed by atoms with Crippen LogP contribution < -0.4 is 5.32 Å². The highest BCUT2D eigenvalue weighted by Gasteiger charge is 2.16. The van der Waals surface area contributed by atoms with Crippen LogP contribution in [0.5, 0.6) is 0 Å². The van der Waals surface area contributed by atoms with E-state index in [9.17, 15) is 4.79 Å². The van der Waals surface area contributed by atoms with Gasteiger partial charge >= 0.3 is 0 Å². The molecule has 132 valence electrons. The van der Waals surface area contributed by atoms with E-state index in [0.29, 0.717) is 10.6 Å². The molecule has 0 bridgehead atoms. The summed E-state index contributed by atoms with van der Waals surface area (Å²) in [4.78, 5) is 14.8. The molecule has 0 fully saturated rings. The molecule has 0 aliphatic carbocycles. The summed E-state index contributed by atoms with van der Waals surface area (Å²) < 4.78 is 0. The number of nitrogens with one attached hydrogen (secondary N) is 1. The molecule has 2 rings (SSSR count). The first-order valence-corrected chi connectivity index (χ1v) is 8.81. The molecule has 1 unspecified atom stereocenters. The third-order valence-electron chi connectivity index (χ3n) is 3.95. The Kier molecular flexibility index (Phi) is 7.23. The molecular weight excluding hydrogens is 332 g/mol. The lowest BCUT2D eigenvalue weighted by Gasteiger charge is -2.21. The normalized spacial score (nSPS) is 12.5. The molecule has 0 aliphatic rings. The van der Waals surface area contributed by atoms with E-state index >= 15 is 0 Å². The van der Waals surface area contributed by atoms with Crippen LogP contribution in [0.3, 0.4) is 0 Å². The van der Waals surface area contributed by atoms with Crippen molar-refractivity contribution in [3.05, 3.63) is 76.3 Å². The minimum atomic E-state index is -0.0648. The van der Waals surface area contributed by atoms with E-state index in [2.05, 4.69) is 10.2 Å². The maximum absolute atomic E-state index is 12.7. The molecule has 4 heteroatoms. The second-order valence-electron chi connectivity index (χ2n) is 6.30. The van der Waals surface area contributed by atoms with Crippen molar-refractivity contribution in [1.82, 2.24) is 10.2 Å². The van der Waals surface area contributed by atoms with Crippen molar-refractivity contribution in [3.63, 3.8) is 0 Å². The fourth-order valence-corrected chi connectivity index (χ4v) is 2.75. The second-order valence-corrected chi connectivity index (χ2v) is 6.73. The van der Waals surface area contributed by atoms with Gasteiger partial charge in [-0.25, -0.2) is 0 Å². The summed E-state index contributed by atoms with van der Waals surface area (Å²) in [5.41, 5.74) is 2.75. The lowest BCUT2D eigenvalue weighted by atomic mass is 10.0. The quantitative estimate of drug-likeness (QED) is 0.773. The van der Waals surface area contributed by atoms with Gasteiger partial charge in [0.25, 0.3) is 5.91 Å². The number of allylic oxidation sites excluding steroid dienone is 1. The van der Waals surface area contributed by atoms with E-state index in [1.54, 1.807) is 0 Å². The number of hydrogen-bond acceptors (Lipinski definition) is 2. The highest BCUT2D eigenvalue weighted by Crippen LogP contribution is 2.20. The molecule has 0 heterocycles. The molecule has 1 atom stereocenters. The summed E-state index contributed by atoms with van der Waals surface area (Å²) in [7, 11) is 4.06. The molecule has 1 amide bonds. The number of nitrogens with zero attached hydrogens (tertiary/aromatic N) is 1. The Morgan fingerprint density at radius 1 is 1.20 bits per heavy atom. The lowest BCUT2D eigenvalue weighted by Crippen LogP contribution is -2.31. The molecule has 2 aromatic rings. The predicted molar refractivity (Wildman–Crippen MR) is 106 cm³/mol. The Morgan fingerprint density at radius 2 is 1.92 bits per heavy atom. The smallest absolute Gasteiger partial charge is 0.251 e. The Bertz CT molecular complexity index is 723. The summed E-state index contributed by atoms with van der Waals surface area (Å²) >= 11 is 5.99. The maximum atomic E-state index is 12.7. The molecule has 0 saturated heterocycles. The number of amides is 1. The minimum absolute atomic E-state index is 0.0578. The van der Waals surface area contributed by atoms with Crippen LogP contribution >= 0.6 is 11.6 Å². The molecule has 3 nitrogen and oxygen atoms in total. The Balaban J connectivity index is 2.18. The van der Waals surface area contributed by atoms with Crippen LogP contribution in [0, 0.1) is 0 Å². The van der Waals surface area contributed by atoms with E-state index in [0.717, 1.165) is 24.1 Å². The topological polar surface area (TPSA) is 32.3 Å². The standard InChI is InChI=1S/C21H25ClN2O/c1-4-6-16-7-5-8-18(15-16)21(25)23-20(13-14-24(2)3)17-9-11-19(22)12-10-17/h4-12,15,20H,13-14H2,1-3H3,(H,23,25). The van der Waals surface area contributed by atoms with Crippen LogP contribution in [0.1, 0.15) is 40.9 Å². The average Bonchev–Trinajstić information content (AvgIpc) is 2.59. The van der Waals surface area contributed by atoms with Crippen LogP contribution in [0.4, 0.5) is 0 Å². The molecule has 0 aliphatic heterocycles. The summed E-state index contributed by atoms with van der Waals surface area (Å²) in [5.74, 6) is -0.0648. The van der Waals surface area contributed by atoms with Gasteiger partial charge in [-0.2, -0.15) is 0 Å². The van der Waals surface area contributed by atoms with Gasteiger partial charge in [0.2, 0.25) is 0 Å². The van der Waals surface area contributed by atoms with E-state index in [1.165, 1.54) is 0 Å². The number of benzene rings is 2.